The summed E-state index contributed by atoms with van der Waals surface area (Å²) in [6.45, 7) is 0. The SMILES string of the molecule is CNC(=O)c1cc(N)cc(Br)n1. The average molecular weight is 230 g/mol. The Balaban J connectivity index is 3.08. The molecule has 0 aliphatic rings. The molecule has 1 amide bonds. The van der Waals surface area contributed by atoms with E-state index in [0.717, 1.165) is 0 Å². The monoisotopic (exact) mass is 229 g/mol. The fourth-order valence-corrected chi connectivity index (χ4v) is 1.22. The lowest BCUT2D eigenvalue weighted by molar-refractivity contribution is 0.0958. The zero-order chi connectivity index (χ0) is 9.14. The van der Waals surface area contributed by atoms with Crippen LogP contribution in [0.1, 0.15) is 10.5 Å². The lowest BCUT2D eigenvalue weighted by Crippen LogP contribution is -2.19. The Morgan fingerprint density at radius 2 is 2.33 bits per heavy atom. The number of nitrogen functional groups attached to an aromatic ring is 1. The molecule has 5 heteroatoms. The van der Waals surface area contributed by atoms with E-state index in [0.29, 0.717) is 16.0 Å². The van der Waals surface area contributed by atoms with Crippen molar-refractivity contribution >= 4 is 27.5 Å². The Hall–Kier alpha value is -1.10. The van der Waals surface area contributed by atoms with Crippen molar-refractivity contribution in [1.29, 1.82) is 0 Å². The molecule has 0 radical (unpaired) electrons. The molecule has 12 heavy (non-hydrogen) atoms. The Bertz CT molecular complexity index is 293. The summed E-state index contributed by atoms with van der Waals surface area (Å²) < 4.78 is 0.557. The van der Waals surface area contributed by atoms with Gasteiger partial charge in [0.25, 0.3) is 5.91 Å². The molecule has 0 aromatic carbocycles. The van der Waals surface area contributed by atoms with Crippen LogP contribution in [0, 0.1) is 0 Å². The number of halogens is 1. The number of nitrogens with one attached hydrogen (secondary N) is 1. The fourth-order valence-electron chi connectivity index (χ4n) is 0.761. The Labute approximate surface area is 78.3 Å². The highest BCUT2D eigenvalue weighted by atomic mass is 79.9. The molecule has 0 saturated heterocycles. The molecule has 64 valence electrons. The first-order valence-corrected chi connectivity index (χ1v) is 4.08. The molecule has 4 nitrogen and oxygen atoms in total. The standard InChI is InChI=1S/C7H8BrN3O/c1-10-7(12)5-2-4(9)3-6(8)11-5/h2-3H,1H3,(H2,9,11)(H,10,12). The van der Waals surface area contributed by atoms with E-state index in [4.69, 9.17) is 5.73 Å². The summed E-state index contributed by atoms with van der Waals surface area (Å²) in [5, 5.41) is 2.46. The molecular formula is C7H8BrN3O. The van der Waals surface area contributed by atoms with Crippen molar-refractivity contribution in [3.8, 4) is 0 Å². The first-order valence-electron chi connectivity index (χ1n) is 3.28. The minimum atomic E-state index is -0.247. The molecule has 0 fully saturated rings. The van der Waals surface area contributed by atoms with E-state index in [1.54, 1.807) is 13.1 Å². The predicted octanol–water partition coefficient (Wildman–Crippen LogP) is 0.786. The Morgan fingerprint density at radius 3 is 2.83 bits per heavy atom. The van der Waals surface area contributed by atoms with Gasteiger partial charge in [-0.2, -0.15) is 0 Å². The van der Waals surface area contributed by atoms with Crippen LogP contribution in [0.5, 0.6) is 0 Å². The first kappa shape index (κ1) is 8.99. The molecule has 1 aromatic rings. The number of nitrogens with two attached hydrogens (primary N) is 1. The van der Waals surface area contributed by atoms with Crippen LogP contribution in [0.3, 0.4) is 0 Å². The maximum Gasteiger partial charge on any atom is 0.269 e. The van der Waals surface area contributed by atoms with Gasteiger partial charge in [0.05, 0.1) is 0 Å². The number of rotatable bonds is 1. The van der Waals surface area contributed by atoms with Crippen molar-refractivity contribution in [2.24, 2.45) is 0 Å². The second kappa shape index (κ2) is 3.53. The number of hydrogen-bond acceptors (Lipinski definition) is 3. The summed E-state index contributed by atoms with van der Waals surface area (Å²) in [6, 6.07) is 3.15. The molecule has 0 atom stereocenters. The Morgan fingerprint density at radius 1 is 1.67 bits per heavy atom. The van der Waals surface area contributed by atoms with Crippen molar-refractivity contribution in [3.63, 3.8) is 0 Å². The van der Waals surface area contributed by atoms with Gasteiger partial charge in [0.15, 0.2) is 0 Å². The van der Waals surface area contributed by atoms with Crippen LogP contribution in [0.15, 0.2) is 16.7 Å². The molecule has 0 aliphatic heterocycles. The highest BCUT2D eigenvalue weighted by Gasteiger charge is 2.05. The molecule has 1 rings (SSSR count). The van der Waals surface area contributed by atoms with E-state index >= 15 is 0 Å². The molecule has 0 saturated carbocycles. The van der Waals surface area contributed by atoms with Crippen LogP contribution in [0.4, 0.5) is 5.69 Å². The number of amides is 1. The van der Waals surface area contributed by atoms with Gasteiger partial charge in [0.1, 0.15) is 10.3 Å². The van der Waals surface area contributed by atoms with Gasteiger partial charge in [-0.05, 0) is 28.1 Å². The number of nitrogens with zero attached hydrogens (tertiary/aromatic N) is 1. The molecule has 3 N–H and O–H groups in total. The second-order valence-corrected chi connectivity index (χ2v) is 3.00. The second-order valence-electron chi connectivity index (χ2n) is 2.19. The lowest BCUT2D eigenvalue weighted by atomic mass is 10.3. The third-order valence-electron chi connectivity index (χ3n) is 1.28. The minimum Gasteiger partial charge on any atom is -0.399 e. The van der Waals surface area contributed by atoms with Crippen LogP contribution in [-0.4, -0.2) is 17.9 Å². The van der Waals surface area contributed by atoms with Gasteiger partial charge in [0.2, 0.25) is 0 Å². The van der Waals surface area contributed by atoms with Crippen molar-refractivity contribution < 1.29 is 4.79 Å². The first-order chi connectivity index (χ1) is 5.63. The topological polar surface area (TPSA) is 68.0 Å². The highest BCUT2D eigenvalue weighted by Crippen LogP contribution is 2.12. The maximum absolute atomic E-state index is 11.1. The number of carbonyl (C=O) groups is 1. The number of aromatic nitrogens is 1. The molecule has 0 spiro atoms. The van der Waals surface area contributed by atoms with Crippen LogP contribution in [0.25, 0.3) is 0 Å². The largest absolute Gasteiger partial charge is 0.399 e. The fraction of sp³-hybridized carbons (Fsp3) is 0.143. The number of hydrogen-bond donors (Lipinski definition) is 2. The van der Waals surface area contributed by atoms with Crippen LogP contribution in [-0.2, 0) is 0 Å². The van der Waals surface area contributed by atoms with Gasteiger partial charge in [-0.25, -0.2) is 4.98 Å². The quantitative estimate of drug-likeness (QED) is 0.700. The van der Waals surface area contributed by atoms with E-state index in [-0.39, 0.29) is 5.91 Å². The molecular weight excluding hydrogens is 222 g/mol. The number of carbonyl (C=O) groups excluding carboxylic acids is 1. The normalized spacial score (nSPS) is 9.50. The van der Waals surface area contributed by atoms with E-state index < -0.39 is 0 Å². The van der Waals surface area contributed by atoms with Crippen LogP contribution in [0.2, 0.25) is 0 Å². The molecule has 0 bridgehead atoms. The summed E-state index contributed by atoms with van der Waals surface area (Å²) in [5.74, 6) is -0.247. The van der Waals surface area contributed by atoms with E-state index in [1.165, 1.54) is 6.07 Å². The zero-order valence-corrected chi connectivity index (χ0v) is 8.05. The van der Waals surface area contributed by atoms with Gasteiger partial charge in [-0.15, -0.1) is 0 Å². The summed E-state index contributed by atoms with van der Waals surface area (Å²) >= 11 is 3.14. The van der Waals surface area contributed by atoms with Gasteiger partial charge in [-0.1, -0.05) is 0 Å². The van der Waals surface area contributed by atoms with Gasteiger partial charge < -0.3 is 11.1 Å². The van der Waals surface area contributed by atoms with E-state index in [2.05, 4.69) is 26.2 Å². The zero-order valence-electron chi connectivity index (χ0n) is 6.47. The van der Waals surface area contributed by atoms with Crippen molar-refractivity contribution in [1.82, 2.24) is 10.3 Å². The predicted molar refractivity (Wildman–Crippen MR) is 49.7 cm³/mol. The minimum absolute atomic E-state index is 0.247. The van der Waals surface area contributed by atoms with Crippen molar-refractivity contribution in [3.05, 3.63) is 22.4 Å². The van der Waals surface area contributed by atoms with Crippen LogP contribution >= 0.6 is 15.9 Å². The third kappa shape index (κ3) is 1.94. The molecule has 1 heterocycles. The summed E-state index contributed by atoms with van der Waals surface area (Å²) in [7, 11) is 1.54. The van der Waals surface area contributed by atoms with Gasteiger partial charge >= 0.3 is 0 Å². The Kier molecular flexibility index (Phi) is 2.65. The summed E-state index contributed by atoms with van der Waals surface area (Å²) in [5.41, 5.74) is 6.32. The van der Waals surface area contributed by atoms with E-state index in [1.807, 2.05) is 0 Å². The molecule has 0 unspecified atom stereocenters. The highest BCUT2D eigenvalue weighted by molar-refractivity contribution is 9.10. The van der Waals surface area contributed by atoms with Crippen LogP contribution < -0.4 is 11.1 Å². The number of pyridine rings is 1. The lowest BCUT2D eigenvalue weighted by Gasteiger charge is -2.00. The summed E-state index contributed by atoms with van der Waals surface area (Å²) in [4.78, 5) is 15.0. The van der Waals surface area contributed by atoms with Crippen molar-refractivity contribution in [2.75, 3.05) is 12.8 Å². The van der Waals surface area contributed by atoms with Gasteiger partial charge in [-0.3, -0.25) is 4.79 Å². The van der Waals surface area contributed by atoms with Gasteiger partial charge in [0, 0.05) is 12.7 Å². The smallest absolute Gasteiger partial charge is 0.269 e. The number of anilines is 1. The molecule has 1 aromatic heterocycles. The van der Waals surface area contributed by atoms with E-state index in [9.17, 15) is 4.79 Å². The average Bonchev–Trinajstić information content (AvgIpc) is 2.01. The summed E-state index contributed by atoms with van der Waals surface area (Å²) in [6.07, 6.45) is 0. The third-order valence-corrected chi connectivity index (χ3v) is 1.68. The van der Waals surface area contributed by atoms with Crippen molar-refractivity contribution in [2.45, 2.75) is 0 Å². The maximum atomic E-state index is 11.1. The molecule has 0 aliphatic carbocycles.